The topological polar surface area (TPSA) is 71.7 Å². The van der Waals surface area contributed by atoms with Crippen molar-refractivity contribution < 1.29 is 9.26 Å². The van der Waals surface area contributed by atoms with E-state index in [2.05, 4.69) is 29.6 Å². The molecule has 26 heavy (non-hydrogen) atoms. The number of ether oxygens (including phenoxy) is 1. The second-order valence-electron chi connectivity index (χ2n) is 7.31. The molecule has 1 aromatic heterocycles. The number of nitrogens with one attached hydrogen (secondary N) is 2. The van der Waals surface area contributed by atoms with Crippen LogP contribution in [0.2, 0.25) is 0 Å². The van der Waals surface area contributed by atoms with Crippen molar-refractivity contribution >= 4 is 29.9 Å². The van der Waals surface area contributed by atoms with Crippen LogP contribution < -0.4 is 10.6 Å². The summed E-state index contributed by atoms with van der Waals surface area (Å²) in [7, 11) is 1.78. The lowest BCUT2D eigenvalue weighted by Crippen LogP contribution is -2.41. The third-order valence-electron chi connectivity index (χ3n) is 5.32. The van der Waals surface area contributed by atoms with Gasteiger partial charge < -0.3 is 19.9 Å². The quantitative estimate of drug-likeness (QED) is 0.321. The molecule has 0 bridgehead atoms. The van der Waals surface area contributed by atoms with E-state index in [1.165, 1.54) is 24.8 Å². The van der Waals surface area contributed by atoms with Crippen LogP contribution in [0.4, 0.5) is 0 Å². The summed E-state index contributed by atoms with van der Waals surface area (Å²) in [6.07, 6.45) is 4.93. The Morgan fingerprint density at radius 1 is 1.35 bits per heavy atom. The van der Waals surface area contributed by atoms with Gasteiger partial charge in [0.1, 0.15) is 5.76 Å². The zero-order chi connectivity index (χ0) is 18.3. The van der Waals surface area contributed by atoms with Gasteiger partial charge in [0, 0.05) is 44.8 Å². The normalized spacial score (nSPS) is 17.2. The van der Waals surface area contributed by atoms with Crippen LogP contribution in [0.15, 0.2) is 9.52 Å². The highest BCUT2D eigenvalue weighted by atomic mass is 127. The highest BCUT2D eigenvalue weighted by Crippen LogP contribution is 2.44. The van der Waals surface area contributed by atoms with E-state index in [1.54, 1.807) is 7.11 Å². The summed E-state index contributed by atoms with van der Waals surface area (Å²) in [6, 6.07) is 0. The third kappa shape index (κ3) is 6.11. The van der Waals surface area contributed by atoms with Crippen molar-refractivity contribution in [2.75, 3.05) is 33.4 Å². The molecule has 2 N–H and O–H groups in total. The summed E-state index contributed by atoms with van der Waals surface area (Å²) in [5.74, 6) is 2.12. The molecule has 0 spiro atoms. The molecule has 2 rings (SSSR count). The summed E-state index contributed by atoms with van der Waals surface area (Å²) in [6.45, 7) is 11.6. The Balaban J connectivity index is 0.00000338. The van der Waals surface area contributed by atoms with Gasteiger partial charge in [-0.25, -0.2) is 0 Å². The van der Waals surface area contributed by atoms with Gasteiger partial charge in [0.2, 0.25) is 0 Å². The first kappa shape index (κ1) is 23.2. The fourth-order valence-electron chi connectivity index (χ4n) is 3.62. The summed E-state index contributed by atoms with van der Waals surface area (Å²) in [5, 5.41) is 10.9. The summed E-state index contributed by atoms with van der Waals surface area (Å²) in [4.78, 5) is 4.86. The molecule has 1 aromatic rings. The first-order valence-electron chi connectivity index (χ1n) is 9.45. The van der Waals surface area contributed by atoms with E-state index in [-0.39, 0.29) is 24.0 Å². The zero-order valence-electron chi connectivity index (χ0n) is 16.9. The lowest BCUT2D eigenvalue weighted by molar-refractivity contribution is 0.0778. The molecule has 1 fully saturated rings. The van der Waals surface area contributed by atoms with Crippen LogP contribution in [0.5, 0.6) is 0 Å². The molecule has 7 heteroatoms. The van der Waals surface area contributed by atoms with E-state index in [1.807, 2.05) is 13.8 Å². The van der Waals surface area contributed by atoms with Crippen molar-refractivity contribution in [3.05, 3.63) is 17.0 Å². The molecule has 0 amide bonds. The highest BCUT2D eigenvalue weighted by molar-refractivity contribution is 14.0. The molecule has 6 nitrogen and oxygen atoms in total. The lowest BCUT2D eigenvalue weighted by atomic mass is 9.67. The maximum atomic E-state index is 5.29. The predicted octanol–water partition coefficient (Wildman–Crippen LogP) is 3.77. The molecular formula is C19H35IN4O2. The van der Waals surface area contributed by atoms with Gasteiger partial charge in [0.25, 0.3) is 0 Å². The first-order valence-corrected chi connectivity index (χ1v) is 9.45. The Bertz CT molecular complexity index is 550. The Morgan fingerprint density at radius 2 is 2.08 bits per heavy atom. The predicted molar refractivity (Wildman–Crippen MR) is 117 cm³/mol. The minimum atomic E-state index is 0. The number of aryl methyl sites for hydroxylation is 2. The standard InChI is InChI=1S/C19H34N4O2.HI/c1-6-20-18(22-13-19(8-7-9-19)10-11-24-5)21-12-14(2)17-15(3)23-25-16(17)4;/h14H,6-13H2,1-5H3,(H2,20,21,22);1H. The Kier molecular flexibility index (Phi) is 9.92. The minimum Gasteiger partial charge on any atom is -0.385 e. The van der Waals surface area contributed by atoms with Gasteiger partial charge in [-0.1, -0.05) is 18.5 Å². The number of methoxy groups -OCH3 is 1. The van der Waals surface area contributed by atoms with Crippen molar-refractivity contribution in [2.24, 2.45) is 10.4 Å². The number of halogens is 1. The van der Waals surface area contributed by atoms with Gasteiger partial charge in [0.05, 0.1) is 5.69 Å². The molecule has 0 saturated heterocycles. The van der Waals surface area contributed by atoms with Gasteiger partial charge in [-0.2, -0.15) is 0 Å². The monoisotopic (exact) mass is 478 g/mol. The molecule has 1 atom stereocenters. The maximum absolute atomic E-state index is 5.29. The van der Waals surface area contributed by atoms with E-state index >= 15 is 0 Å². The van der Waals surface area contributed by atoms with Gasteiger partial charge in [-0.05, 0) is 45.4 Å². The molecule has 150 valence electrons. The number of nitrogens with zero attached hydrogens (tertiary/aromatic N) is 2. The second kappa shape index (κ2) is 11.1. The van der Waals surface area contributed by atoms with E-state index in [0.717, 1.165) is 50.1 Å². The van der Waals surface area contributed by atoms with E-state index in [0.29, 0.717) is 11.3 Å². The second-order valence-corrected chi connectivity index (χ2v) is 7.31. The zero-order valence-corrected chi connectivity index (χ0v) is 19.2. The summed E-state index contributed by atoms with van der Waals surface area (Å²) >= 11 is 0. The molecular weight excluding hydrogens is 443 g/mol. The smallest absolute Gasteiger partial charge is 0.191 e. The van der Waals surface area contributed by atoms with E-state index < -0.39 is 0 Å². The van der Waals surface area contributed by atoms with Crippen LogP contribution >= 0.6 is 24.0 Å². The van der Waals surface area contributed by atoms with Crippen molar-refractivity contribution in [1.82, 2.24) is 15.8 Å². The number of aromatic nitrogens is 1. The van der Waals surface area contributed by atoms with E-state index in [9.17, 15) is 0 Å². The minimum absolute atomic E-state index is 0. The maximum Gasteiger partial charge on any atom is 0.191 e. The highest BCUT2D eigenvalue weighted by Gasteiger charge is 2.36. The first-order chi connectivity index (χ1) is 12.0. The van der Waals surface area contributed by atoms with Crippen molar-refractivity contribution in [1.29, 1.82) is 0 Å². The summed E-state index contributed by atoms with van der Waals surface area (Å²) < 4.78 is 10.6. The molecule has 0 aliphatic heterocycles. The van der Waals surface area contributed by atoms with Crippen molar-refractivity contribution in [3.63, 3.8) is 0 Å². The molecule has 1 aliphatic rings. The Hall–Kier alpha value is -0.830. The number of hydrogen-bond acceptors (Lipinski definition) is 4. The molecule has 1 heterocycles. The van der Waals surface area contributed by atoms with E-state index in [4.69, 9.17) is 14.3 Å². The Morgan fingerprint density at radius 3 is 2.58 bits per heavy atom. The van der Waals surface area contributed by atoms with Crippen LogP contribution in [0.1, 0.15) is 62.5 Å². The SMILES string of the molecule is CCNC(=NCC1(CCOC)CCC1)NCC(C)c1c(C)noc1C.I. The van der Waals surface area contributed by atoms with Crippen LogP contribution in [-0.4, -0.2) is 44.5 Å². The largest absolute Gasteiger partial charge is 0.385 e. The average molecular weight is 478 g/mol. The fraction of sp³-hybridized carbons (Fsp3) is 0.789. The van der Waals surface area contributed by atoms with Crippen LogP contribution in [-0.2, 0) is 4.74 Å². The van der Waals surface area contributed by atoms with Gasteiger partial charge >= 0.3 is 0 Å². The van der Waals surface area contributed by atoms with Crippen LogP contribution in [0.25, 0.3) is 0 Å². The average Bonchev–Trinajstić information content (AvgIpc) is 2.89. The number of guanidine groups is 1. The van der Waals surface area contributed by atoms with Crippen LogP contribution in [0, 0.1) is 19.3 Å². The summed E-state index contributed by atoms with van der Waals surface area (Å²) in [5.41, 5.74) is 2.51. The van der Waals surface area contributed by atoms with Gasteiger partial charge in [-0.15, -0.1) is 24.0 Å². The fourth-order valence-corrected chi connectivity index (χ4v) is 3.62. The third-order valence-corrected chi connectivity index (χ3v) is 5.32. The number of aliphatic imine (C=N–C) groups is 1. The molecule has 1 unspecified atom stereocenters. The molecule has 1 saturated carbocycles. The number of hydrogen-bond donors (Lipinski definition) is 2. The van der Waals surface area contributed by atoms with Crippen molar-refractivity contribution in [2.45, 2.75) is 59.3 Å². The number of rotatable bonds is 9. The molecule has 0 aromatic carbocycles. The molecule has 1 aliphatic carbocycles. The van der Waals surface area contributed by atoms with Crippen molar-refractivity contribution in [3.8, 4) is 0 Å². The Labute approximate surface area is 174 Å². The lowest BCUT2D eigenvalue weighted by Gasteiger charge is -2.40. The van der Waals surface area contributed by atoms with Gasteiger partial charge in [0.15, 0.2) is 5.96 Å². The molecule has 0 radical (unpaired) electrons. The van der Waals surface area contributed by atoms with Gasteiger partial charge in [-0.3, -0.25) is 4.99 Å². The van der Waals surface area contributed by atoms with Crippen LogP contribution in [0.3, 0.4) is 0 Å².